The first kappa shape index (κ1) is 11.6. The van der Waals surface area contributed by atoms with Crippen LogP contribution in [-0.4, -0.2) is 40.9 Å². The Bertz CT molecular complexity index is 345. The molecule has 0 aromatic carbocycles. The molecule has 1 aromatic rings. The van der Waals surface area contributed by atoms with Crippen LogP contribution in [0.15, 0.2) is 6.20 Å². The third-order valence-electron chi connectivity index (χ3n) is 3.48. The van der Waals surface area contributed by atoms with Crippen molar-refractivity contribution in [3.05, 3.63) is 17.5 Å². The van der Waals surface area contributed by atoms with E-state index in [1.807, 2.05) is 11.7 Å². The van der Waals surface area contributed by atoms with Crippen LogP contribution in [-0.2, 0) is 13.6 Å². The summed E-state index contributed by atoms with van der Waals surface area (Å²) in [6.45, 7) is 5.34. The van der Waals surface area contributed by atoms with E-state index < -0.39 is 0 Å². The van der Waals surface area contributed by atoms with Gasteiger partial charge in [-0.15, -0.1) is 0 Å². The second-order valence-corrected chi connectivity index (χ2v) is 4.82. The van der Waals surface area contributed by atoms with Crippen LogP contribution in [0.5, 0.6) is 0 Å². The topological polar surface area (TPSA) is 33.1 Å². The Morgan fingerprint density at radius 3 is 2.88 bits per heavy atom. The van der Waals surface area contributed by atoms with Gasteiger partial charge in [-0.2, -0.15) is 5.10 Å². The van der Waals surface area contributed by atoms with E-state index in [2.05, 4.69) is 35.5 Å². The highest BCUT2D eigenvalue weighted by Gasteiger charge is 2.19. The van der Waals surface area contributed by atoms with Crippen molar-refractivity contribution in [2.24, 2.45) is 7.05 Å². The quantitative estimate of drug-likeness (QED) is 0.822. The molecule has 0 radical (unpaired) electrons. The standard InChI is InChI=1S/C12H22N4/c1-10-11(9-16(3)14-10)7-13-8-12-5-4-6-15(12)2/h9,12-13H,4-8H2,1-3H3. The summed E-state index contributed by atoms with van der Waals surface area (Å²) in [7, 11) is 4.19. The Balaban J connectivity index is 1.77. The van der Waals surface area contributed by atoms with Gasteiger partial charge >= 0.3 is 0 Å². The van der Waals surface area contributed by atoms with Crippen molar-refractivity contribution in [1.29, 1.82) is 0 Å². The van der Waals surface area contributed by atoms with E-state index in [1.54, 1.807) is 0 Å². The lowest BCUT2D eigenvalue weighted by molar-refractivity contribution is 0.300. The molecule has 1 aliphatic heterocycles. The van der Waals surface area contributed by atoms with Crippen LogP contribution in [0.1, 0.15) is 24.1 Å². The molecule has 0 saturated carbocycles. The molecule has 1 saturated heterocycles. The highest BCUT2D eigenvalue weighted by Crippen LogP contribution is 2.13. The summed E-state index contributed by atoms with van der Waals surface area (Å²) in [4.78, 5) is 2.45. The summed E-state index contributed by atoms with van der Waals surface area (Å²) >= 11 is 0. The molecule has 1 fully saturated rings. The number of hydrogen-bond donors (Lipinski definition) is 1. The van der Waals surface area contributed by atoms with Crippen LogP contribution in [0.25, 0.3) is 0 Å². The number of nitrogens with zero attached hydrogens (tertiary/aromatic N) is 3. The molecule has 1 N–H and O–H groups in total. The summed E-state index contributed by atoms with van der Waals surface area (Å²) in [6.07, 6.45) is 4.77. The van der Waals surface area contributed by atoms with Gasteiger partial charge in [0, 0.05) is 37.9 Å². The molecule has 4 heteroatoms. The van der Waals surface area contributed by atoms with Gasteiger partial charge in [0.05, 0.1) is 5.69 Å². The van der Waals surface area contributed by atoms with E-state index in [-0.39, 0.29) is 0 Å². The first-order chi connectivity index (χ1) is 7.66. The molecule has 90 valence electrons. The lowest BCUT2D eigenvalue weighted by atomic mass is 10.2. The second-order valence-electron chi connectivity index (χ2n) is 4.82. The van der Waals surface area contributed by atoms with Gasteiger partial charge in [0.25, 0.3) is 0 Å². The summed E-state index contributed by atoms with van der Waals surface area (Å²) < 4.78 is 1.88. The Kier molecular flexibility index (Phi) is 3.61. The number of likely N-dealkylation sites (N-methyl/N-ethyl adjacent to an activating group) is 1. The molecular formula is C12H22N4. The molecule has 1 aliphatic rings. The molecule has 16 heavy (non-hydrogen) atoms. The van der Waals surface area contributed by atoms with Gasteiger partial charge in [-0.3, -0.25) is 4.68 Å². The lowest BCUT2D eigenvalue weighted by Crippen LogP contribution is -2.35. The predicted octanol–water partition coefficient (Wildman–Crippen LogP) is 0.912. The van der Waals surface area contributed by atoms with E-state index in [9.17, 15) is 0 Å². The SMILES string of the molecule is Cc1nn(C)cc1CNCC1CCCN1C. The average Bonchev–Trinajstić information content (AvgIpc) is 2.75. The normalized spacial score (nSPS) is 21.8. The predicted molar refractivity (Wildman–Crippen MR) is 65.3 cm³/mol. The van der Waals surface area contributed by atoms with E-state index in [0.717, 1.165) is 24.8 Å². The Labute approximate surface area is 97.6 Å². The van der Waals surface area contributed by atoms with Crippen molar-refractivity contribution in [3.63, 3.8) is 0 Å². The highest BCUT2D eigenvalue weighted by atomic mass is 15.3. The lowest BCUT2D eigenvalue weighted by Gasteiger charge is -2.19. The van der Waals surface area contributed by atoms with E-state index in [4.69, 9.17) is 0 Å². The van der Waals surface area contributed by atoms with Crippen LogP contribution in [0, 0.1) is 6.92 Å². The first-order valence-electron chi connectivity index (χ1n) is 6.07. The molecular weight excluding hydrogens is 200 g/mol. The summed E-state index contributed by atoms with van der Waals surface area (Å²) in [6, 6.07) is 0.719. The van der Waals surface area contributed by atoms with Gasteiger partial charge in [-0.05, 0) is 33.4 Å². The average molecular weight is 222 g/mol. The molecule has 4 nitrogen and oxygen atoms in total. The first-order valence-corrected chi connectivity index (χ1v) is 6.07. The van der Waals surface area contributed by atoms with Gasteiger partial charge in [-0.25, -0.2) is 0 Å². The monoisotopic (exact) mass is 222 g/mol. The largest absolute Gasteiger partial charge is 0.311 e. The number of nitrogens with one attached hydrogen (secondary N) is 1. The van der Waals surface area contributed by atoms with Crippen molar-refractivity contribution in [2.75, 3.05) is 20.1 Å². The van der Waals surface area contributed by atoms with Crippen LogP contribution < -0.4 is 5.32 Å². The van der Waals surface area contributed by atoms with E-state index >= 15 is 0 Å². The molecule has 1 unspecified atom stereocenters. The van der Waals surface area contributed by atoms with Crippen molar-refractivity contribution in [2.45, 2.75) is 32.4 Å². The Hall–Kier alpha value is -0.870. The van der Waals surface area contributed by atoms with E-state index in [0.29, 0.717) is 0 Å². The minimum Gasteiger partial charge on any atom is -0.311 e. The zero-order valence-corrected chi connectivity index (χ0v) is 10.5. The zero-order chi connectivity index (χ0) is 11.5. The molecule has 0 bridgehead atoms. The minimum atomic E-state index is 0.719. The van der Waals surface area contributed by atoms with Crippen LogP contribution in [0.4, 0.5) is 0 Å². The van der Waals surface area contributed by atoms with E-state index in [1.165, 1.54) is 24.9 Å². The third kappa shape index (κ3) is 2.62. The van der Waals surface area contributed by atoms with Crippen molar-refractivity contribution < 1.29 is 0 Å². The highest BCUT2D eigenvalue weighted by molar-refractivity contribution is 5.14. The molecule has 0 amide bonds. The molecule has 2 heterocycles. The van der Waals surface area contributed by atoms with Gasteiger partial charge < -0.3 is 10.2 Å². The maximum absolute atomic E-state index is 4.34. The van der Waals surface area contributed by atoms with Crippen molar-refractivity contribution in [3.8, 4) is 0 Å². The number of likely N-dealkylation sites (tertiary alicyclic amines) is 1. The summed E-state index contributed by atoms with van der Waals surface area (Å²) in [5, 5.41) is 7.88. The van der Waals surface area contributed by atoms with Gasteiger partial charge in [0.1, 0.15) is 0 Å². The molecule has 2 rings (SSSR count). The fourth-order valence-corrected chi connectivity index (χ4v) is 2.43. The minimum absolute atomic E-state index is 0.719. The smallest absolute Gasteiger partial charge is 0.0638 e. The van der Waals surface area contributed by atoms with Gasteiger partial charge in [0.15, 0.2) is 0 Å². The number of aromatic nitrogens is 2. The molecule has 1 aromatic heterocycles. The Morgan fingerprint density at radius 1 is 1.50 bits per heavy atom. The van der Waals surface area contributed by atoms with Crippen LogP contribution in [0.3, 0.4) is 0 Å². The number of rotatable bonds is 4. The van der Waals surface area contributed by atoms with Gasteiger partial charge in [-0.1, -0.05) is 0 Å². The zero-order valence-electron chi connectivity index (χ0n) is 10.5. The summed E-state index contributed by atoms with van der Waals surface area (Å²) in [5.41, 5.74) is 2.44. The second kappa shape index (κ2) is 4.97. The third-order valence-corrected chi connectivity index (χ3v) is 3.48. The number of hydrogen-bond acceptors (Lipinski definition) is 3. The van der Waals surface area contributed by atoms with Gasteiger partial charge in [0.2, 0.25) is 0 Å². The molecule has 1 atom stereocenters. The molecule has 0 spiro atoms. The van der Waals surface area contributed by atoms with Crippen LogP contribution in [0.2, 0.25) is 0 Å². The van der Waals surface area contributed by atoms with Crippen LogP contribution >= 0.6 is 0 Å². The fraction of sp³-hybridized carbons (Fsp3) is 0.750. The number of aryl methyl sites for hydroxylation is 2. The maximum Gasteiger partial charge on any atom is 0.0638 e. The molecule has 0 aliphatic carbocycles. The van der Waals surface area contributed by atoms with Crippen molar-refractivity contribution >= 4 is 0 Å². The maximum atomic E-state index is 4.34. The Morgan fingerprint density at radius 2 is 2.31 bits per heavy atom. The fourth-order valence-electron chi connectivity index (χ4n) is 2.43. The van der Waals surface area contributed by atoms with Crippen molar-refractivity contribution in [1.82, 2.24) is 20.0 Å². The summed E-state index contributed by atoms with van der Waals surface area (Å²) in [5.74, 6) is 0.